The molecule has 2 N–H and O–H groups in total. The lowest BCUT2D eigenvalue weighted by Gasteiger charge is -2.11. The zero-order valence-corrected chi connectivity index (χ0v) is 6.89. The summed E-state index contributed by atoms with van der Waals surface area (Å²) < 4.78 is 9.20. The lowest BCUT2D eigenvalue weighted by molar-refractivity contribution is -0.156. The molecule has 0 saturated carbocycles. The van der Waals surface area contributed by atoms with Gasteiger partial charge in [-0.3, -0.25) is 0 Å². The maximum absolute atomic E-state index is 10.5. The van der Waals surface area contributed by atoms with Crippen LogP contribution in [0.1, 0.15) is 6.92 Å². The van der Waals surface area contributed by atoms with Crippen LogP contribution in [0.25, 0.3) is 0 Å². The summed E-state index contributed by atoms with van der Waals surface area (Å²) in [6.07, 6.45) is 0.261. The number of esters is 1. The minimum Gasteiger partial charge on any atom is -0.431 e. The Balaban J connectivity index is 3.68. The summed E-state index contributed by atoms with van der Waals surface area (Å²) in [5, 5.41) is -0.158. The fourth-order valence-electron chi connectivity index (χ4n) is 0.399. The van der Waals surface area contributed by atoms with Gasteiger partial charge < -0.3 is 15.2 Å². The molecule has 0 fully saturated rings. The number of ether oxygens (including phenoxy) is 2. The minimum absolute atomic E-state index is 0.158. The fraction of sp³-hybridized carbons (Fsp3) is 0.333. The Kier molecular flexibility index (Phi) is 4.21. The van der Waals surface area contributed by atoms with Gasteiger partial charge in [-0.2, -0.15) is 0 Å². The van der Waals surface area contributed by atoms with Crippen molar-refractivity contribution in [3.8, 4) is 0 Å². The van der Waals surface area contributed by atoms with E-state index in [1.54, 1.807) is 0 Å². The molecule has 1 atom stereocenters. The van der Waals surface area contributed by atoms with Gasteiger partial charge in [0.15, 0.2) is 0 Å². The van der Waals surface area contributed by atoms with E-state index in [4.69, 9.17) is 5.73 Å². The van der Waals surface area contributed by atoms with Crippen molar-refractivity contribution < 1.29 is 14.3 Å². The molecule has 0 aromatic rings. The van der Waals surface area contributed by atoms with E-state index in [9.17, 15) is 4.79 Å². The van der Waals surface area contributed by atoms with Crippen LogP contribution in [-0.2, 0) is 14.3 Å². The number of nitrogens with two attached hydrogens (primary N) is 1. The van der Waals surface area contributed by atoms with Gasteiger partial charge in [0.25, 0.3) is 5.17 Å². The second-order valence-corrected chi connectivity index (χ2v) is 2.05. The monoisotopic (exact) mass is 175 g/mol. The molecule has 0 saturated heterocycles. The predicted octanol–water partition coefficient (Wildman–Crippen LogP) is 0.322. The molecule has 0 heterocycles. The maximum atomic E-state index is 10.5. The second kappa shape index (κ2) is 4.68. The van der Waals surface area contributed by atoms with Crippen LogP contribution >= 0.6 is 12.2 Å². The molecule has 0 aromatic heterocycles. The van der Waals surface area contributed by atoms with Gasteiger partial charge in [-0.05, 0) is 12.2 Å². The second-order valence-electron chi connectivity index (χ2n) is 1.65. The SMILES string of the molecule is C=CC(=O)OC(C)OC(N)=S. The van der Waals surface area contributed by atoms with Crippen molar-refractivity contribution in [1.82, 2.24) is 0 Å². The normalized spacial score (nSPS) is 11.4. The first-order chi connectivity index (χ1) is 5.06. The Hall–Kier alpha value is -1.10. The van der Waals surface area contributed by atoms with E-state index in [1.807, 2.05) is 0 Å². The van der Waals surface area contributed by atoms with Crippen LogP contribution in [0.2, 0.25) is 0 Å². The molecule has 62 valence electrons. The fourth-order valence-corrected chi connectivity index (χ4v) is 0.535. The first kappa shape index (κ1) is 9.90. The van der Waals surface area contributed by atoms with Gasteiger partial charge in [-0.25, -0.2) is 4.79 Å². The number of hydrogen-bond donors (Lipinski definition) is 1. The van der Waals surface area contributed by atoms with Crippen molar-refractivity contribution in [3.05, 3.63) is 12.7 Å². The predicted molar refractivity (Wildman–Crippen MR) is 43.6 cm³/mol. The third-order valence-electron chi connectivity index (χ3n) is 0.731. The van der Waals surface area contributed by atoms with E-state index >= 15 is 0 Å². The molecule has 1 unspecified atom stereocenters. The molecule has 11 heavy (non-hydrogen) atoms. The maximum Gasteiger partial charge on any atom is 0.333 e. The number of carbonyl (C=O) groups is 1. The van der Waals surface area contributed by atoms with Crippen LogP contribution in [0.4, 0.5) is 0 Å². The highest BCUT2D eigenvalue weighted by molar-refractivity contribution is 7.80. The summed E-state index contributed by atoms with van der Waals surface area (Å²) in [6, 6.07) is 0. The Morgan fingerprint density at radius 3 is 2.64 bits per heavy atom. The lowest BCUT2D eigenvalue weighted by atomic mass is 10.6. The number of thiocarbonyl (C=S) groups is 1. The average Bonchev–Trinajstić information content (AvgIpc) is 1.85. The third kappa shape index (κ3) is 5.35. The van der Waals surface area contributed by atoms with Crippen molar-refractivity contribution in [3.63, 3.8) is 0 Å². The van der Waals surface area contributed by atoms with Crippen LogP contribution in [0.15, 0.2) is 12.7 Å². The summed E-state index contributed by atoms with van der Waals surface area (Å²) in [5.74, 6) is -0.575. The molecule has 0 aliphatic heterocycles. The largest absolute Gasteiger partial charge is 0.431 e. The van der Waals surface area contributed by atoms with Crippen molar-refractivity contribution in [2.45, 2.75) is 13.2 Å². The van der Waals surface area contributed by atoms with E-state index in [0.29, 0.717) is 0 Å². The molecular formula is C6H9NO3S. The standard InChI is InChI=1S/C6H9NO3S/c1-3-5(8)9-4(2)10-6(7)11/h3-4H,1H2,2H3,(H2,7,11). The van der Waals surface area contributed by atoms with Gasteiger partial charge in [0.1, 0.15) is 0 Å². The van der Waals surface area contributed by atoms with Gasteiger partial charge >= 0.3 is 5.97 Å². The molecule has 0 aliphatic rings. The highest BCUT2D eigenvalue weighted by atomic mass is 32.1. The van der Waals surface area contributed by atoms with Crippen LogP contribution < -0.4 is 5.73 Å². The zero-order chi connectivity index (χ0) is 8.85. The smallest absolute Gasteiger partial charge is 0.333 e. The van der Waals surface area contributed by atoms with Gasteiger partial charge in [0.2, 0.25) is 6.29 Å². The average molecular weight is 175 g/mol. The quantitative estimate of drug-likeness (QED) is 0.290. The molecule has 0 amide bonds. The lowest BCUT2D eigenvalue weighted by Crippen LogP contribution is -2.24. The minimum atomic E-state index is -0.766. The molecule has 0 radical (unpaired) electrons. The van der Waals surface area contributed by atoms with Crippen LogP contribution in [0, 0.1) is 0 Å². The van der Waals surface area contributed by atoms with E-state index in [0.717, 1.165) is 6.08 Å². The molecule has 5 heteroatoms. The molecule has 0 aliphatic carbocycles. The molecule has 4 nitrogen and oxygen atoms in total. The van der Waals surface area contributed by atoms with E-state index in [2.05, 4.69) is 28.3 Å². The van der Waals surface area contributed by atoms with E-state index < -0.39 is 12.3 Å². The molecule has 0 aromatic carbocycles. The molecule has 0 spiro atoms. The van der Waals surface area contributed by atoms with Crippen molar-refractivity contribution in [1.29, 1.82) is 0 Å². The number of hydrogen-bond acceptors (Lipinski definition) is 4. The highest BCUT2D eigenvalue weighted by Crippen LogP contribution is 1.93. The summed E-state index contributed by atoms with van der Waals surface area (Å²) in [7, 11) is 0. The van der Waals surface area contributed by atoms with Gasteiger partial charge in [-0.1, -0.05) is 6.58 Å². The van der Waals surface area contributed by atoms with E-state index in [1.165, 1.54) is 6.92 Å². The number of carbonyl (C=O) groups excluding carboxylic acids is 1. The summed E-state index contributed by atoms with van der Waals surface area (Å²) in [6.45, 7) is 4.70. The highest BCUT2D eigenvalue weighted by Gasteiger charge is 2.06. The third-order valence-corrected chi connectivity index (χ3v) is 0.827. The van der Waals surface area contributed by atoms with Crippen LogP contribution in [0.5, 0.6) is 0 Å². The van der Waals surface area contributed by atoms with Crippen LogP contribution in [-0.4, -0.2) is 17.4 Å². The zero-order valence-electron chi connectivity index (χ0n) is 6.07. The van der Waals surface area contributed by atoms with Crippen LogP contribution in [0.3, 0.4) is 0 Å². The first-order valence-electron chi connectivity index (χ1n) is 2.85. The Morgan fingerprint density at radius 1 is 1.73 bits per heavy atom. The van der Waals surface area contributed by atoms with Gasteiger partial charge in [0, 0.05) is 13.0 Å². The topological polar surface area (TPSA) is 61.5 Å². The van der Waals surface area contributed by atoms with Crippen molar-refractivity contribution in [2.75, 3.05) is 0 Å². The van der Waals surface area contributed by atoms with Gasteiger partial charge in [-0.15, -0.1) is 0 Å². The first-order valence-corrected chi connectivity index (χ1v) is 3.26. The van der Waals surface area contributed by atoms with E-state index in [-0.39, 0.29) is 5.17 Å². The molecular weight excluding hydrogens is 166 g/mol. The summed E-state index contributed by atoms with van der Waals surface area (Å²) in [5.41, 5.74) is 5.00. The van der Waals surface area contributed by atoms with Crippen molar-refractivity contribution in [2.24, 2.45) is 5.73 Å². The summed E-state index contributed by atoms with van der Waals surface area (Å²) >= 11 is 4.40. The molecule has 0 rings (SSSR count). The summed E-state index contributed by atoms with van der Waals surface area (Å²) in [4.78, 5) is 10.5. The Bertz CT molecular complexity index is 181. The number of rotatable bonds is 3. The van der Waals surface area contributed by atoms with Crippen molar-refractivity contribution >= 4 is 23.4 Å². The Morgan fingerprint density at radius 2 is 2.27 bits per heavy atom. The molecule has 0 bridgehead atoms. The van der Waals surface area contributed by atoms with Gasteiger partial charge in [0.05, 0.1) is 0 Å². The Labute approximate surface area is 70.0 Å².